The molecule has 2 aliphatic rings. The van der Waals surface area contributed by atoms with Crippen molar-refractivity contribution in [3.8, 4) is 11.8 Å². The number of amides is 1. The summed E-state index contributed by atoms with van der Waals surface area (Å²) in [5.41, 5.74) is 3.06. The standard InChI is InChI=1S/C20H24N6O2/c1-14-10-23-26(12-14)18-2-5-22-11-19(18)24-6-3-15(4-7-24)20(28)25-13-17(27)8-16(25)9-21/h2,5,10-12,15-17,27H,3-4,6-8,13H2,1H3. The first-order chi connectivity index (χ1) is 13.6. The van der Waals surface area contributed by atoms with Crippen molar-refractivity contribution in [2.45, 2.75) is 38.3 Å². The summed E-state index contributed by atoms with van der Waals surface area (Å²) in [5.74, 6) is -0.110. The maximum atomic E-state index is 12.9. The molecule has 2 aliphatic heterocycles. The van der Waals surface area contributed by atoms with Crippen molar-refractivity contribution in [1.29, 1.82) is 5.26 Å². The van der Waals surface area contributed by atoms with E-state index in [-0.39, 0.29) is 18.4 Å². The predicted octanol–water partition coefficient (Wildman–Crippen LogP) is 1.28. The molecule has 4 heterocycles. The molecule has 8 nitrogen and oxygen atoms in total. The number of carbonyl (C=O) groups excluding carboxylic acids is 1. The number of rotatable bonds is 3. The second-order valence-electron chi connectivity index (χ2n) is 7.61. The molecule has 0 radical (unpaired) electrons. The summed E-state index contributed by atoms with van der Waals surface area (Å²) in [5, 5.41) is 23.5. The van der Waals surface area contributed by atoms with Crippen LogP contribution in [0, 0.1) is 24.2 Å². The Labute approximate surface area is 164 Å². The molecule has 2 fully saturated rings. The van der Waals surface area contributed by atoms with E-state index in [0.717, 1.165) is 42.9 Å². The number of hydrogen-bond donors (Lipinski definition) is 1. The van der Waals surface area contributed by atoms with Gasteiger partial charge >= 0.3 is 0 Å². The number of pyridine rings is 1. The summed E-state index contributed by atoms with van der Waals surface area (Å²) in [4.78, 5) is 20.9. The Bertz CT molecular complexity index is 896. The van der Waals surface area contributed by atoms with E-state index >= 15 is 0 Å². The minimum absolute atomic E-state index is 0.00291. The maximum absolute atomic E-state index is 12.9. The van der Waals surface area contributed by atoms with Crippen LogP contribution in [0.3, 0.4) is 0 Å². The van der Waals surface area contributed by atoms with Crippen LogP contribution in [0.15, 0.2) is 30.9 Å². The van der Waals surface area contributed by atoms with Crippen molar-refractivity contribution < 1.29 is 9.90 Å². The fourth-order valence-corrected chi connectivity index (χ4v) is 4.14. The smallest absolute Gasteiger partial charge is 0.226 e. The largest absolute Gasteiger partial charge is 0.391 e. The highest BCUT2D eigenvalue weighted by atomic mass is 16.3. The van der Waals surface area contributed by atoms with Gasteiger partial charge in [0.05, 0.1) is 35.9 Å². The van der Waals surface area contributed by atoms with Crippen LogP contribution in [0.2, 0.25) is 0 Å². The van der Waals surface area contributed by atoms with E-state index in [1.54, 1.807) is 11.1 Å². The van der Waals surface area contributed by atoms with E-state index < -0.39 is 12.1 Å². The number of nitrogens with zero attached hydrogens (tertiary/aromatic N) is 6. The number of β-amino-alcohol motifs (C(OH)–C–C–N with tert-alkyl or cyclic N) is 1. The number of likely N-dealkylation sites (tertiary alicyclic amines) is 1. The molecular weight excluding hydrogens is 356 g/mol. The number of hydrogen-bond acceptors (Lipinski definition) is 6. The quantitative estimate of drug-likeness (QED) is 0.861. The zero-order valence-corrected chi connectivity index (χ0v) is 15.9. The molecule has 0 bridgehead atoms. The van der Waals surface area contributed by atoms with Gasteiger partial charge in [0.1, 0.15) is 6.04 Å². The van der Waals surface area contributed by atoms with Gasteiger partial charge in [-0.15, -0.1) is 0 Å². The molecule has 2 aromatic rings. The van der Waals surface area contributed by atoms with Crippen molar-refractivity contribution >= 4 is 11.6 Å². The average Bonchev–Trinajstić information content (AvgIpc) is 3.33. The first kappa shape index (κ1) is 18.4. The van der Waals surface area contributed by atoms with E-state index in [0.29, 0.717) is 6.42 Å². The van der Waals surface area contributed by atoms with E-state index in [4.69, 9.17) is 0 Å². The van der Waals surface area contributed by atoms with Crippen LogP contribution in [0.1, 0.15) is 24.8 Å². The monoisotopic (exact) mass is 380 g/mol. The molecule has 2 unspecified atom stereocenters. The molecule has 1 amide bonds. The van der Waals surface area contributed by atoms with Crippen LogP contribution in [0.5, 0.6) is 0 Å². The zero-order valence-electron chi connectivity index (χ0n) is 15.9. The molecule has 0 aliphatic carbocycles. The summed E-state index contributed by atoms with van der Waals surface area (Å²) in [6.45, 7) is 3.75. The number of piperidine rings is 1. The molecule has 4 rings (SSSR count). The van der Waals surface area contributed by atoms with Crippen molar-refractivity contribution in [2.75, 3.05) is 24.5 Å². The van der Waals surface area contributed by atoms with Crippen LogP contribution in [0.25, 0.3) is 5.69 Å². The van der Waals surface area contributed by atoms with E-state index in [2.05, 4.69) is 21.1 Å². The Morgan fingerprint density at radius 3 is 2.75 bits per heavy atom. The second kappa shape index (κ2) is 7.60. The topological polar surface area (TPSA) is 98.3 Å². The van der Waals surface area contributed by atoms with Crippen LogP contribution < -0.4 is 4.90 Å². The van der Waals surface area contributed by atoms with Crippen LogP contribution in [-0.4, -0.2) is 62.5 Å². The summed E-state index contributed by atoms with van der Waals surface area (Å²) in [6, 6.07) is 3.58. The number of aliphatic hydroxyl groups excluding tert-OH is 1. The van der Waals surface area contributed by atoms with Gasteiger partial charge in [0.2, 0.25) is 5.91 Å². The summed E-state index contributed by atoms with van der Waals surface area (Å²) in [6.07, 6.45) is 8.60. The fraction of sp³-hybridized carbons (Fsp3) is 0.500. The molecule has 2 atom stereocenters. The highest BCUT2D eigenvalue weighted by Crippen LogP contribution is 2.30. The molecular formula is C20H24N6O2. The Morgan fingerprint density at radius 1 is 1.29 bits per heavy atom. The SMILES string of the molecule is Cc1cnn(-c2ccncc2N2CCC(C(=O)N3CC(O)CC3C#N)CC2)c1. The molecule has 1 N–H and O–H groups in total. The minimum atomic E-state index is -0.593. The third-order valence-electron chi connectivity index (χ3n) is 5.63. The third kappa shape index (κ3) is 3.45. The average molecular weight is 380 g/mol. The lowest BCUT2D eigenvalue weighted by molar-refractivity contribution is -0.136. The van der Waals surface area contributed by atoms with Gasteiger partial charge in [-0.3, -0.25) is 9.78 Å². The second-order valence-corrected chi connectivity index (χ2v) is 7.61. The molecule has 28 heavy (non-hydrogen) atoms. The molecule has 0 saturated carbocycles. The van der Waals surface area contributed by atoms with Crippen molar-refractivity contribution in [3.63, 3.8) is 0 Å². The molecule has 0 aromatic carbocycles. The maximum Gasteiger partial charge on any atom is 0.226 e. The molecule has 2 aromatic heterocycles. The van der Waals surface area contributed by atoms with E-state index in [1.807, 2.05) is 36.3 Å². The number of aliphatic hydroxyl groups is 1. The van der Waals surface area contributed by atoms with E-state index in [1.165, 1.54) is 0 Å². The van der Waals surface area contributed by atoms with Crippen LogP contribution in [-0.2, 0) is 4.79 Å². The Morgan fingerprint density at radius 2 is 2.07 bits per heavy atom. The first-order valence-electron chi connectivity index (χ1n) is 9.65. The van der Waals surface area contributed by atoms with Crippen LogP contribution >= 0.6 is 0 Å². The highest BCUT2D eigenvalue weighted by Gasteiger charge is 2.38. The summed E-state index contributed by atoms with van der Waals surface area (Å²) >= 11 is 0. The van der Waals surface area contributed by atoms with E-state index in [9.17, 15) is 15.2 Å². The van der Waals surface area contributed by atoms with Gasteiger partial charge in [0, 0.05) is 44.4 Å². The first-order valence-corrected chi connectivity index (χ1v) is 9.65. The number of carbonyl (C=O) groups is 1. The zero-order chi connectivity index (χ0) is 19.7. The summed E-state index contributed by atoms with van der Waals surface area (Å²) in [7, 11) is 0. The van der Waals surface area contributed by atoms with Gasteiger partial charge in [-0.05, 0) is 31.4 Å². The van der Waals surface area contributed by atoms with Crippen molar-refractivity contribution in [1.82, 2.24) is 19.7 Å². The molecule has 146 valence electrons. The van der Waals surface area contributed by atoms with Gasteiger partial charge in [-0.1, -0.05) is 0 Å². The predicted molar refractivity (Wildman–Crippen MR) is 103 cm³/mol. The minimum Gasteiger partial charge on any atom is -0.391 e. The molecule has 0 spiro atoms. The fourth-order valence-electron chi connectivity index (χ4n) is 4.14. The molecule has 2 saturated heterocycles. The van der Waals surface area contributed by atoms with Crippen molar-refractivity contribution in [2.24, 2.45) is 5.92 Å². The van der Waals surface area contributed by atoms with Gasteiger partial charge in [0.25, 0.3) is 0 Å². The lowest BCUT2D eigenvalue weighted by Gasteiger charge is -2.35. The normalized spacial score (nSPS) is 23.0. The number of nitriles is 1. The number of anilines is 1. The van der Waals surface area contributed by atoms with Crippen LogP contribution in [0.4, 0.5) is 5.69 Å². The third-order valence-corrected chi connectivity index (χ3v) is 5.63. The lowest BCUT2D eigenvalue weighted by atomic mass is 9.94. The van der Waals surface area contributed by atoms with Gasteiger partial charge in [-0.25, -0.2) is 4.68 Å². The number of aryl methyl sites for hydroxylation is 1. The van der Waals surface area contributed by atoms with Gasteiger partial charge in [-0.2, -0.15) is 10.4 Å². The van der Waals surface area contributed by atoms with Gasteiger partial charge in [0.15, 0.2) is 0 Å². The van der Waals surface area contributed by atoms with Crippen molar-refractivity contribution in [3.05, 3.63) is 36.4 Å². The Balaban J connectivity index is 1.45. The van der Waals surface area contributed by atoms with Gasteiger partial charge < -0.3 is 14.9 Å². The Hall–Kier alpha value is -2.92. The highest BCUT2D eigenvalue weighted by molar-refractivity contribution is 5.80. The molecule has 8 heteroatoms. The lowest BCUT2D eigenvalue weighted by Crippen LogP contribution is -2.44. The number of aromatic nitrogens is 3. The Kier molecular flexibility index (Phi) is 5.01. The summed E-state index contributed by atoms with van der Waals surface area (Å²) < 4.78 is 1.85.